The molecule has 0 saturated heterocycles. The quantitative estimate of drug-likeness (QED) is 0.855. The molecule has 1 N–H and O–H groups in total. The van der Waals surface area contributed by atoms with Crippen LogP contribution in [0.3, 0.4) is 0 Å². The van der Waals surface area contributed by atoms with Gasteiger partial charge in [0.25, 0.3) is 0 Å². The van der Waals surface area contributed by atoms with Crippen molar-refractivity contribution >= 4 is 11.6 Å². The van der Waals surface area contributed by atoms with Gasteiger partial charge >= 0.3 is 0 Å². The molecule has 0 radical (unpaired) electrons. The topological polar surface area (TPSA) is 15.3 Å². The van der Waals surface area contributed by atoms with Gasteiger partial charge in [-0.15, -0.1) is 0 Å². The number of halogens is 1. The number of hydrogen-bond donors (Lipinski definition) is 1. The molecule has 2 saturated carbocycles. The fourth-order valence-electron chi connectivity index (χ4n) is 4.15. The lowest BCUT2D eigenvalue weighted by molar-refractivity contribution is 0.0538. The number of hydrogen-bond acceptors (Lipinski definition) is 2. The van der Waals surface area contributed by atoms with Gasteiger partial charge in [-0.3, -0.25) is 4.90 Å². The van der Waals surface area contributed by atoms with E-state index in [1.807, 2.05) is 0 Å². The minimum absolute atomic E-state index is 0.209. The van der Waals surface area contributed by atoms with Crippen LogP contribution in [0.15, 0.2) is 24.3 Å². The maximum atomic E-state index is 6.11. The summed E-state index contributed by atoms with van der Waals surface area (Å²) in [5.41, 5.74) is 1.66. The fourth-order valence-corrected chi connectivity index (χ4v) is 4.28. The molecule has 1 aromatic rings. The van der Waals surface area contributed by atoms with Crippen LogP contribution >= 0.6 is 11.6 Å². The van der Waals surface area contributed by atoms with Gasteiger partial charge in [0.1, 0.15) is 0 Å². The molecular formula is C19H29ClN2. The van der Waals surface area contributed by atoms with Gasteiger partial charge in [0.05, 0.1) is 0 Å². The van der Waals surface area contributed by atoms with E-state index in [1.165, 1.54) is 44.1 Å². The van der Waals surface area contributed by atoms with E-state index in [-0.39, 0.29) is 5.54 Å². The Morgan fingerprint density at radius 2 is 1.68 bits per heavy atom. The summed E-state index contributed by atoms with van der Waals surface area (Å²) in [6.07, 6.45) is 7.73. The summed E-state index contributed by atoms with van der Waals surface area (Å²) in [5, 5.41) is 4.56. The molecule has 0 aromatic heterocycles. The second kappa shape index (κ2) is 6.51. The first-order valence-corrected chi connectivity index (χ1v) is 9.14. The summed E-state index contributed by atoms with van der Waals surface area (Å²) in [6, 6.07) is 10.6. The van der Waals surface area contributed by atoms with Crippen molar-refractivity contribution in [2.24, 2.45) is 0 Å². The number of nitrogens with zero attached hydrogens (tertiary/aromatic N) is 1. The minimum atomic E-state index is 0.209. The van der Waals surface area contributed by atoms with E-state index in [9.17, 15) is 0 Å². The van der Waals surface area contributed by atoms with Crippen LogP contribution in [0.25, 0.3) is 0 Å². The molecule has 2 fully saturated rings. The van der Waals surface area contributed by atoms with Gasteiger partial charge in [0.2, 0.25) is 0 Å². The van der Waals surface area contributed by atoms with Crippen LogP contribution in [0.1, 0.15) is 57.9 Å². The second-order valence-electron chi connectivity index (χ2n) is 7.48. The zero-order valence-corrected chi connectivity index (χ0v) is 14.9. The third-order valence-electron chi connectivity index (χ3n) is 5.53. The maximum Gasteiger partial charge on any atom is 0.0461 e. The first-order valence-electron chi connectivity index (χ1n) is 8.76. The van der Waals surface area contributed by atoms with Crippen molar-refractivity contribution in [3.63, 3.8) is 0 Å². The van der Waals surface area contributed by atoms with Crippen molar-refractivity contribution in [2.45, 2.75) is 76.0 Å². The summed E-state index contributed by atoms with van der Waals surface area (Å²) < 4.78 is 0. The lowest BCUT2D eigenvalue weighted by Gasteiger charge is -2.48. The van der Waals surface area contributed by atoms with Gasteiger partial charge in [0.15, 0.2) is 0 Å². The highest BCUT2D eigenvalue weighted by Gasteiger charge is 2.45. The lowest BCUT2D eigenvalue weighted by Crippen LogP contribution is -2.50. The minimum Gasteiger partial charge on any atom is -0.312 e. The highest BCUT2D eigenvalue weighted by atomic mass is 35.5. The van der Waals surface area contributed by atoms with Crippen LogP contribution in [0.4, 0.5) is 0 Å². The van der Waals surface area contributed by atoms with E-state index >= 15 is 0 Å². The lowest BCUT2D eigenvalue weighted by atomic mass is 9.73. The van der Waals surface area contributed by atoms with Gasteiger partial charge in [-0.2, -0.15) is 0 Å². The first kappa shape index (κ1) is 16.3. The second-order valence-corrected chi connectivity index (χ2v) is 7.91. The third kappa shape index (κ3) is 3.34. The van der Waals surface area contributed by atoms with Crippen molar-refractivity contribution in [1.29, 1.82) is 0 Å². The summed E-state index contributed by atoms with van der Waals surface area (Å²) in [4.78, 5) is 2.67. The largest absolute Gasteiger partial charge is 0.312 e. The molecule has 0 atom stereocenters. The molecule has 1 aromatic carbocycles. The number of benzene rings is 1. The normalized spacial score (nSPS) is 29.3. The van der Waals surface area contributed by atoms with Gasteiger partial charge < -0.3 is 5.32 Å². The summed E-state index contributed by atoms with van der Waals surface area (Å²) in [6.45, 7) is 4.49. The van der Waals surface area contributed by atoms with Crippen LogP contribution in [0, 0.1) is 0 Å². The van der Waals surface area contributed by atoms with E-state index in [2.05, 4.69) is 55.4 Å². The Morgan fingerprint density at radius 1 is 1.09 bits per heavy atom. The Balaban J connectivity index is 1.81. The molecular weight excluding hydrogens is 292 g/mol. The predicted molar refractivity (Wildman–Crippen MR) is 94.4 cm³/mol. The third-order valence-corrected chi connectivity index (χ3v) is 5.79. The van der Waals surface area contributed by atoms with Crippen LogP contribution < -0.4 is 5.32 Å². The molecule has 22 heavy (non-hydrogen) atoms. The van der Waals surface area contributed by atoms with Crippen LogP contribution in [0.2, 0.25) is 5.02 Å². The molecule has 3 heteroatoms. The summed E-state index contributed by atoms with van der Waals surface area (Å²) in [7, 11) is 2.34. The zero-order chi connectivity index (χ0) is 15.7. The van der Waals surface area contributed by atoms with Crippen LogP contribution in [0.5, 0.6) is 0 Å². The molecule has 0 spiro atoms. The summed E-state index contributed by atoms with van der Waals surface area (Å²) in [5.74, 6) is 0. The van der Waals surface area contributed by atoms with Crippen LogP contribution in [-0.4, -0.2) is 30.1 Å². The Hall–Kier alpha value is -0.570. The zero-order valence-electron chi connectivity index (χ0n) is 14.1. The molecule has 0 amide bonds. The molecule has 2 nitrogen and oxygen atoms in total. The standard InChI is InChI=1S/C19H29ClN2/c1-14(2)21-17-10-12-19(13-11-17,22(3)18-8-9-18)15-4-6-16(20)7-5-15/h4-7,14,17-18,21H,8-13H2,1-3H3. The Morgan fingerprint density at radius 3 is 2.18 bits per heavy atom. The van der Waals surface area contributed by atoms with E-state index in [1.54, 1.807) is 0 Å². The van der Waals surface area contributed by atoms with Gasteiger partial charge in [0, 0.05) is 28.7 Å². The van der Waals surface area contributed by atoms with E-state index in [0.29, 0.717) is 12.1 Å². The molecule has 3 rings (SSSR count). The van der Waals surface area contributed by atoms with Gasteiger partial charge in [-0.1, -0.05) is 37.6 Å². The van der Waals surface area contributed by atoms with E-state index in [0.717, 1.165) is 11.1 Å². The Kier molecular flexibility index (Phi) is 4.82. The highest BCUT2D eigenvalue weighted by molar-refractivity contribution is 6.30. The maximum absolute atomic E-state index is 6.11. The van der Waals surface area contributed by atoms with Crippen molar-refractivity contribution in [1.82, 2.24) is 10.2 Å². The Bertz CT molecular complexity index is 485. The summed E-state index contributed by atoms with van der Waals surface area (Å²) >= 11 is 6.11. The highest BCUT2D eigenvalue weighted by Crippen LogP contribution is 2.46. The molecule has 0 unspecified atom stereocenters. The SMILES string of the molecule is CC(C)NC1CCC(c2ccc(Cl)cc2)(N(C)C2CC2)CC1. The van der Waals surface area contributed by atoms with Gasteiger partial charge in [-0.25, -0.2) is 0 Å². The van der Waals surface area contributed by atoms with Crippen molar-refractivity contribution < 1.29 is 0 Å². The Labute approximate surface area is 140 Å². The van der Waals surface area contributed by atoms with Crippen LogP contribution in [-0.2, 0) is 5.54 Å². The molecule has 0 heterocycles. The molecule has 2 aliphatic rings. The molecule has 122 valence electrons. The molecule has 2 aliphatic carbocycles. The van der Waals surface area contributed by atoms with Crippen molar-refractivity contribution in [3.05, 3.63) is 34.9 Å². The van der Waals surface area contributed by atoms with Crippen molar-refractivity contribution in [2.75, 3.05) is 7.05 Å². The molecule has 0 aliphatic heterocycles. The number of rotatable bonds is 5. The van der Waals surface area contributed by atoms with Crippen molar-refractivity contribution in [3.8, 4) is 0 Å². The molecule has 0 bridgehead atoms. The first-order chi connectivity index (χ1) is 10.5. The van der Waals surface area contributed by atoms with E-state index < -0.39 is 0 Å². The van der Waals surface area contributed by atoms with E-state index in [4.69, 9.17) is 11.6 Å². The average molecular weight is 321 g/mol. The average Bonchev–Trinajstić information content (AvgIpc) is 3.32. The predicted octanol–water partition coefficient (Wildman–Crippen LogP) is 4.57. The monoisotopic (exact) mass is 320 g/mol. The fraction of sp³-hybridized carbons (Fsp3) is 0.684. The van der Waals surface area contributed by atoms with Gasteiger partial charge in [-0.05, 0) is 63.3 Å². The smallest absolute Gasteiger partial charge is 0.0461 e. The number of nitrogens with one attached hydrogen (secondary N) is 1.